The summed E-state index contributed by atoms with van der Waals surface area (Å²) in [6.07, 6.45) is -6.87. The predicted octanol–water partition coefficient (Wildman–Crippen LogP) is -0.145. The Morgan fingerprint density at radius 2 is 2.00 bits per heavy atom. The zero-order chi connectivity index (χ0) is 8.48. The maximum atomic E-state index is 11.5. The van der Waals surface area contributed by atoms with Gasteiger partial charge in [-0.2, -0.15) is 0 Å². The Morgan fingerprint density at radius 1 is 1.36 bits per heavy atom. The number of β-amino-alcohol motifs (C(OH)–C–C–N with tert-alkyl or cyclic N) is 1. The van der Waals surface area contributed by atoms with Crippen molar-refractivity contribution in [1.82, 2.24) is 5.32 Å². The summed E-state index contributed by atoms with van der Waals surface area (Å²) in [5, 5.41) is 11.4. The van der Waals surface area contributed by atoms with Gasteiger partial charge in [0.15, 0.2) is 0 Å². The quantitative estimate of drug-likeness (QED) is 0.576. The molecule has 0 saturated carbocycles. The molecule has 1 saturated heterocycles. The third-order valence-corrected chi connectivity index (χ3v) is 1.41. The molecule has 0 aromatic heterocycles. The van der Waals surface area contributed by atoms with E-state index in [0.717, 1.165) is 0 Å². The molecule has 66 valence electrons. The molecule has 6 heteroatoms. The van der Waals surface area contributed by atoms with Gasteiger partial charge >= 0.3 is 6.36 Å². The number of hydrogen-bond acceptors (Lipinski definition) is 3. The van der Waals surface area contributed by atoms with Gasteiger partial charge in [-0.25, -0.2) is 0 Å². The molecular formula is C5H8F3NO2. The van der Waals surface area contributed by atoms with Gasteiger partial charge in [0.2, 0.25) is 0 Å². The maximum Gasteiger partial charge on any atom is 0.522 e. The van der Waals surface area contributed by atoms with Crippen molar-refractivity contribution in [1.29, 1.82) is 0 Å². The Labute approximate surface area is 61.1 Å². The van der Waals surface area contributed by atoms with Gasteiger partial charge in [0.25, 0.3) is 0 Å². The molecule has 2 unspecified atom stereocenters. The Bertz CT molecular complexity index is 138. The first-order valence-corrected chi connectivity index (χ1v) is 3.12. The molecule has 0 radical (unpaired) electrons. The molecule has 2 atom stereocenters. The van der Waals surface area contributed by atoms with E-state index in [1.165, 1.54) is 0 Å². The van der Waals surface area contributed by atoms with E-state index in [9.17, 15) is 13.2 Å². The number of aliphatic hydroxyl groups excluding tert-OH is 1. The summed E-state index contributed by atoms with van der Waals surface area (Å²) >= 11 is 0. The normalized spacial score (nSPS) is 32.7. The molecule has 1 heterocycles. The fourth-order valence-corrected chi connectivity index (χ4v) is 0.933. The van der Waals surface area contributed by atoms with Gasteiger partial charge in [0, 0.05) is 13.1 Å². The molecule has 2 N–H and O–H groups in total. The molecule has 1 aliphatic rings. The lowest BCUT2D eigenvalue weighted by molar-refractivity contribution is -0.346. The van der Waals surface area contributed by atoms with E-state index in [0.29, 0.717) is 0 Å². The van der Waals surface area contributed by atoms with Crippen molar-refractivity contribution in [2.75, 3.05) is 13.1 Å². The summed E-state index contributed by atoms with van der Waals surface area (Å²) in [4.78, 5) is 0. The minimum atomic E-state index is -4.66. The first kappa shape index (κ1) is 8.76. The fraction of sp³-hybridized carbons (Fsp3) is 1.00. The van der Waals surface area contributed by atoms with Crippen LogP contribution >= 0.6 is 0 Å². The first-order valence-electron chi connectivity index (χ1n) is 3.12. The predicted molar refractivity (Wildman–Crippen MR) is 29.8 cm³/mol. The van der Waals surface area contributed by atoms with Crippen molar-refractivity contribution in [3.8, 4) is 0 Å². The van der Waals surface area contributed by atoms with Crippen molar-refractivity contribution in [3.63, 3.8) is 0 Å². The van der Waals surface area contributed by atoms with Crippen molar-refractivity contribution in [2.45, 2.75) is 18.6 Å². The summed E-state index contributed by atoms with van der Waals surface area (Å²) in [7, 11) is 0. The van der Waals surface area contributed by atoms with Crippen LogP contribution in [0.4, 0.5) is 13.2 Å². The average molecular weight is 171 g/mol. The Morgan fingerprint density at radius 3 is 2.36 bits per heavy atom. The summed E-state index contributed by atoms with van der Waals surface area (Å²) < 4.78 is 38.2. The van der Waals surface area contributed by atoms with E-state index in [1.807, 2.05) is 0 Å². The zero-order valence-electron chi connectivity index (χ0n) is 5.56. The standard InChI is InChI=1S/C5H8F3NO2/c6-5(7,8)11-4-2-9-1-3(4)10/h3-4,9-10H,1-2H2. The highest BCUT2D eigenvalue weighted by Crippen LogP contribution is 2.21. The van der Waals surface area contributed by atoms with Crippen LogP contribution < -0.4 is 5.32 Å². The number of rotatable bonds is 1. The van der Waals surface area contributed by atoms with Gasteiger partial charge in [0.1, 0.15) is 6.10 Å². The van der Waals surface area contributed by atoms with Crippen molar-refractivity contribution in [2.24, 2.45) is 0 Å². The summed E-state index contributed by atoms with van der Waals surface area (Å²) in [6.45, 7) is 0.196. The van der Waals surface area contributed by atoms with Crippen LogP contribution in [0.1, 0.15) is 0 Å². The van der Waals surface area contributed by atoms with E-state index < -0.39 is 18.6 Å². The molecule has 0 aromatic carbocycles. The van der Waals surface area contributed by atoms with Crippen LogP contribution in [0, 0.1) is 0 Å². The molecule has 0 aliphatic carbocycles. The fourth-order valence-electron chi connectivity index (χ4n) is 0.933. The van der Waals surface area contributed by atoms with E-state index in [2.05, 4.69) is 10.1 Å². The second-order valence-electron chi connectivity index (χ2n) is 2.33. The molecule has 3 nitrogen and oxygen atoms in total. The van der Waals surface area contributed by atoms with Crippen LogP contribution in [0.3, 0.4) is 0 Å². The second-order valence-corrected chi connectivity index (χ2v) is 2.33. The number of nitrogens with one attached hydrogen (secondary N) is 1. The summed E-state index contributed by atoms with van der Waals surface area (Å²) in [5.41, 5.74) is 0. The van der Waals surface area contributed by atoms with Gasteiger partial charge in [-0.1, -0.05) is 0 Å². The molecule has 0 bridgehead atoms. The second kappa shape index (κ2) is 2.96. The third kappa shape index (κ3) is 2.64. The van der Waals surface area contributed by atoms with Gasteiger partial charge in [-0.05, 0) is 0 Å². The van der Waals surface area contributed by atoms with Crippen LogP contribution in [0.2, 0.25) is 0 Å². The Hall–Kier alpha value is -0.330. The van der Waals surface area contributed by atoms with Crippen LogP contribution in [0.25, 0.3) is 0 Å². The van der Waals surface area contributed by atoms with Crippen LogP contribution in [-0.4, -0.2) is 36.8 Å². The molecule has 1 rings (SSSR count). The van der Waals surface area contributed by atoms with Crippen LogP contribution in [0.15, 0.2) is 0 Å². The summed E-state index contributed by atoms with van der Waals surface area (Å²) in [5.74, 6) is 0. The Kier molecular flexibility index (Phi) is 2.36. The zero-order valence-corrected chi connectivity index (χ0v) is 5.56. The van der Waals surface area contributed by atoms with Gasteiger partial charge in [-0.15, -0.1) is 13.2 Å². The Balaban J connectivity index is 2.37. The van der Waals surface area contributed by atoms with Gasteiger partial charge < -0.3 is 10.4 Å². The third-order valence-electron chi connectivity index (χ3n) is 1.41. The molecule has 0 spiro atoms. The first-order chi connectivity index (χ1) is 4.99. The monoisotopic (exact) mass is 171 g/mol. The number of aliphatic hydroxyl groups is 1. The summed E-state index contributed by atoms with van der Waals surface area (Å²) in [6, 6.07) is 0. The lowest BCUT2D eigenvalue weighted by Gasteiger charge is -2.15. The lowest BCUT2D eigenvalue weighted by atomic mass is 10.3. The van der Waals surface area contributed by atoms with Crippen molar-refractivity contribution >= 4 is 0 Å². The molecule has 0 aromatic rings. The van der Waals surface area contributed by atoms with E-state index >= 15 is 0 Å². The molecule has 1 aliphatic heterocycles. The van der Waals surface area contributed by atoms with E-state index in [1.54, 1.807) is 0 Å². The maximum absolute atomic E-state index is 11.5. The minimum Gasteiger partial charge on any atom is -0.389 e. The highest BCUT2D eigenvalue weighted by atomic mass is 19.4. The van der Waals surface area contributed by atoms with Gasteiger partial charge in [-0.3, -0.25) is 4.74 Å². The molecule has 0 amide bonds. The van der Waals surface area contributed by atoms with Crippen LogP contribution in [0.5, 0.6) is 0 Å². The average Bonchev–Trinajstić information content (AvgIpc) is 2.12. The highest BCUT2D eigenvalue weighted by Gasteiger charge is 2.38. The molecule has 11 heavy (non-hydrogen) atoms. The van der Waals surface area contributed by atoms with E-state index in [4.69, 9.17) is 5.11 Å². The smallest absolute Gasteiger partial charge is 0.389 e. The molecule has 1 fully saturated rings. The molecular weight excluding hydrogens is 163 g/mol. The van der Waals surface area contributed by atoms with Crippen molar-refractivity contribution in [3.05, 3.63) is 0 Å². The number of ether oxygens (including phenoxy) is 1. The van der Waals surface area contributed by atoms with Crippen molar-refractivity contribution < 1.29 is 23.0 Å². The minimum absolute atomic E-state index is 0.0423. The highest BCUT2D eigenvalue weighted by molar-refractivity contribution is 4.81. The number of alkyl halides is 3. The largest absolute Gasteiger partial charge is 0.522 e. The topological polar surface area (TPSA) is 41.5 Å². The van der Waals surface area contributed by atoms with Gasteiger partial charge in [0.05, 0.1) is 6.10 Å². The number of hydrogen-bond donors (Lipinski definition) is 2. The SMILES string of the molecule is OC1CNCC1OC(F)(F)F. The van der Waals surface area contributed by atoms with E-state index in [-0.39, 0.29) is 13.1 Å². The lowest BCUT2D eigenvalue weighted by Crippen LogP contribution is -2.32. The van der Waals surface area contributed by atoms with Crippen LogP contribution in [-0.2, 0) is 4.74 Å². The number of halogens is 3.